The summed E-state index contributed by atoms with van der Waals surface area (Å²) in [6.07, 6.45) is -5.21. The molecule has 1 aromatic rings. The maximum Gasteiger partial charge on any atom is 0.390 e. The summed E-state index contributed by atoms with van der Waals surface area (Å²) in [6.45, 7) is 2.41. The fourth-order valence-corrected chi connectivity index (χ4v) is 3.11. The molecule has 1 N–H and O–H groups in total. The van der Waals surface area contributed by atoms with Gasteiger partial charge in [-0.05, 0) is 12.1 Å². The molecule has 8 heteroatoms. The van der Waals surface area contributed by atoms with Crippen molar-refractivity contribution in [2.75, 3.05) is 26.2 Å². The number of hydrogen-bond acceptors (Lipinski definition) is 2. The summed E-state index contributed by atoms with van der Waals surface area (Å²) in [6, 6.07) is 3.96. The van der Waals surface area contributed by atoms with E-state index in [9.17, 15) is 13.2 Å². The Morgan fingerprint density at radius 2 is 1.67 bits per heavy atom. The van der Waals surface area contributed by atoms with Gasteiger partial charge in [0.1, 0.15) is 0 Å². The fraction of sp³-hybridized carbons (Fsp3) is 0.538. The Hall–Kier alpha value is -0.200. The van der Waals surface area contributed by atoms with Gasteiger partial charge >= 0.3 is 6.18 Å². The van der Waals surface area contributed by atoms with E-state index < -0.39 is 18.6 Å². The topological polar surface area (TPSA) is 15.3 Å². The highest BCUT2D eigenvalue weighted by Gasteiger charge is 2.37. The van der Waals surface area contributed by atoms with Crippen molar-refractivity contribution < 1.29 is 13.2 Å². The van der Waals surface area contributed by atoms with Crippen molar-refractivity contribution in [3.05, 3.63) is 33.8 Å². The van der Waals surface area contributed by atoms with Gasteiger partial charge in [-0.2, -0.15) is 13.2 Å². The highest BCUT2D eigenvalue weighted by Crippen LogP contribution is 2.40. The number of alkyl halides is 3. The number of halogens is 6. The standard InChI is InChI=1S/C13H15Cl2F3N2.ClH/c14-9-2-1-3-10(15)12(9)11(8-13(16,17)18)20-6-4-19-5-7-20;/h1-3,11,19H,4-8H2;1H/t11-;/m1./s1. The van der Waals surface area contributed by atoms with Gasteiger partial charge in [0.2, 0.25) is 0 Å². The molecule has 1 fully saturated rings. The lowest BCUT2D eigenvalue weighted by Gasteiger charge is -2.36. The van der Waals surface area contributed by atoms with Crippen LogP contribution < -0.4 is 5.32 Å². The smallest absolute Gasteiger partial charge is 0.314 e. The van der Waals surface area contributed by atoms with Gasteiger partial charge in [-0.1, -0.05) is 29.3 Å². The first-order valence-corrected chi connectivity index (χ1v) is 7.09. The number of benzene rings is 1. The SMILES string of the molecule is Cl.FC(F)(F)C[C@H](c1c(Cl)cccc1Cl)N1CCNCC1. The quantitative estimate of drug-likeness (QED) is 0.860. The average Bonchev–Trinajstić information content (AvgIpc) is 2.37. The summed E-state index contributed by atoms with van der Waals surface area (Å²) in [5, 5.41) is 3.69. The monoisotopic (exact) mass is 362 g/mol. The predicted molar refractivity (Wildman–Crippen MR) is 81.6 cm³/mol. The third-order valence-corrected chi connectivity index (χ3v) is 4.01. The fourth-order valence-electron chi connectivity index (χ4n) is 2.46. The van der Waals surface area contributed by atoms with Gasteiger partial charge in [-0.3, -0.25) is 4.90 Å². The molecule has 120 valence electrons. The first-order valence-electron chi connectivity index (χ1n) is 6.34. The molecule has 0 spiro atoms. The van der Waals surface area contributed by atoms with Crippen molar-refractivity contribution in [1.29, 1.82) is 0 Å². The Bertz CT molecular complexity index is 442. The summed E-state index contributed by atoms with van der Waals surface area (Å²) < 4.78 is 38.6. The van der Waals surface area contributed by atoms with E-state index in [1.54, 1.807) is 23.1 Å². The van der Waals surface area contributed by atoms with Crippen LogP contribution in [0.2, 0.25) is 10.0 Å². The van der Waals surface area contributed by atoms with Gasteiger partial charge in [-0.25, -0.2) is 0 Å². The molecule has 21 heavy (non-hydrogen) atoms. The Kier molecular flexibility index (Phi) is 7.07. The van der Waals surface area contributed by atoms with Crippen LogP contribution in [0.25, 0.3) is 0 Å². The maximum atomic E-state index is 12.9. The Labute approximate surface area is 138 Å². The number of piperazine rings is 1. The van der Waals surface area contributed by atoms with Gasteiger partial charge in [0, 0.05) is 47.8 Å². The second-order valence-electron chi connectivity index (χ2n) is 4.76. The molecule has 1 aliphatic rings. The van der Waals surface area contributed by atoms with Gasteiger partial charge in [0.25, 0.3) is 0 Å². The van der Waals surface area contributed by atoms with Crippen LogP contribution in [0.1, 0.15) is 18.0 Å². The van der Waals surface area contributed by atoms with Crippen molar-refractivity contribution in [3.63, 3.8) is 0 Å². The highest BCUT2D eigenvalue weighted by molar-refractivity contribution is 6.36. The molecule has 0 saturated carbocycles. The molecular weight excluding hydrogens is 348 g/mol. The molecule has 0 bridgehead atoms. The minimum Gasteiger partial charge on any atom is -0.314 e. The van der Waals surface area contributed by atoms with Crippen molar-refractivity contribution in [2.24, 2.45) is 0 Å². The third-order valence-electron chi connectivity index (χ3n) is 3.35. The van der Waals surface area contributed by atoms with Crippen molar-refractivity contribution in [2.45, 2.75) is 18.6 Å². The number of nitrogens with zero attached hydrogens (tertiary/aromatic N) is 1. The Balaban J connectivity index is 0.00000220. The summed E-state index contributed by atoms with van der Waals surface area (Å²) in [5.74, 6) is 0. The first kappa shape index (κ1) is 18.8. The Morgan fingerprint density at radius 3 is 2.14 bits per heavy atom. The second kappa shape index (κ2) is 7.88. The molecule has 1 saturated heterocycles. The van der Waals surface area contributed by atoms with Gasteiger partial charge < -0.3 is 5.32 Å². The van der Waals surface area contributed by atoms with Crippen molar-refractivity contribution >= 4 is 35.6 Å². The van der Waals surface area contributed by atoms with Crippen LogP contribution in [0.15, 0.2) is 18.2 Å². The van der Waals surface area contributed by atoms with Crippen LogP contribution in [0.3, 0.4) is 0 Å². The Morgan fingerprint density at radius 1 is 1.14 bits per heavy atom. The molecule has 1 atom stereocenters. The van der Waals surface area contributed by atoms with E-state index in [0.29, 0.717) is 31.7 Å². The van der Waals surface area contributed by atoms with Crippen LogP contribution in [-0.2, 0) is 0 Å². The van der Waals surface area contributed by atoms with Gasteiger partial charge in [-0.15, -0.1) is 12.4 Å². The van der Waals surface area contributed by atoms with Crippen LogP contribution in [0.5, 0.6) is 0 Å². The summed E-state index contributed by atoms with van der Waals surface area (Å²) in [7, 11) is 0. The molecule has 1 aromatic carbocycles. The van der Waals surface area contributed by atoms with E-state index in [1.807, 2.05) is 0 Å². The molecule has 0 amide bonds. The number of rotatable bonds is 3. The zero-order valence-electron chi connectivity index (χ0n) is 11.1. The van der Waals surface area contributed by atoms with Crippen molar-refractivity contribution in [1.82, 2.24) is 10.2 Å². The molecular formula is C13H16Cl3F3N2. The minimum absolute atomic E-state index is 0. The van der Waals surface area contributed by atoms with Crippen LogP contribution in [-0.4, -0.2) is 37.3 Å². The van der Waals surface area contributed by atoms with Crippen molar-refractivity contribution in [3.8, 4) is 0 Å². The molecule has 2 nitrogen and oxygen atoms in total. The predicted octanol–water partition coefficient (Wildman–Crippen LogP) is 4.31. The minimum atomic E-state index is -4.27. The molecule has 1 heterocycles. The second-order valence-corrected chi connectivity index (χ2v) is 5.57. The summed E-state index contributed by atoms with van der Waals surface area (Å²) in [5.41, 5.74) is 0.370. The zero-order valence-corrected chi connectivity index (χ0v) is 13.4. The molecule has 0 radical (unpaired) electrons. The highest BCUT2D eigenvalue weighted by atomic mass is 35.5. The lowest BCUT2D eigenvalue weighted by Crippen LogP contribution is -2.46. The molecule has 0 aromatic heterocycles. The zero-order chi connectivity index (χ0) is 14.8. The van der Waals surface area contributed by atoms with E-state index >= 15 is 0 Å². The van der Waals surface area contributed by atoms with Crippen LogP contribution >= 0.6 is 35.6 Å². The van der Waals surface area contributed by atoms with E-state index in [-0.39, 0.29) is 22.5 Å². The summed E-state index contributed by atoms with van der Waals surface area (Å²) in [4.78, 5) is 1.79. The molecule has 0 aliphatic carbocycles. The molecule has 1 aliphatic heterocycles. The van der Waals surface area contributed by atoms with Crippen LogP contribution in [0, 0.1) is 0 Å². The normalized spacial score (nSPS) is 18.1. The maximum absolute atomic E-state index is 12.9. The van der Waals surface area contributed by atoms with E-state index in [2.05, 4.69) is 5.32 Å². The largest absolute Gasteiger partial charge is 0.390 e. The molecule has 0 unspecified atom stereocenters. The van der Waals surface area contributed by atoms with E-state index in [0.717, 1.165) is 0 Å². The van der Waals surface area contributed by atoms with Gasteiger partial charge in [0.15, 0.2) is 0 Å². The number of hydrogen-bond donors (Lipinski definition) is 1. The third kappa shape index (κ3) is 5.18. The first-order chi connectivity index (χ1) is 9.38. The van der Waals surface area contributed by atoms with Crippen LogP contribution in [0.4, 0.5) is 13.2 Å². The lowest BCUT2D eigenvalue weighted by atomic mass is 10.0. The van der Waals surface area contributed by atoms with E-state index in [4.69, 9.17) is 23.2 Å². The number of nitrogens with one attached hydrogen (secondary N) is 1. The van der Waals surface area contributed by atoms with Gasteiger partial charge in [0.05, 0.1) is 6.42 Å². The summed E-state index contributed by atoms with van der Waals surface area (Å²) >= 11 is 12.2. The molecule has 2 rings (SSSR count). The van der Waals surface area contributed by atoms with E-state index in [1.165, 1.54) is 0 Å². The average molecular weight is 364 g/mol. The lowest BCUT2D eigenvalue weighted by molar-refractivity contribution is -0.148.